The fourth-order valence-corrected chi connectivity index (χ4v) is 1.74. The number of benzene rings is 1. The Morgan fingerprint density at radius 1 is 1.44 bits per heavy atom. The van der Waals surface area contributed by atoms with Gasteiger partial charge in [-0.15, -0.1) is 0 Å². The Bertz CT molecular complexity index is 479. The smallest absolute Gasteiger partial charge is 0.120 e. The third-order valence-electron chi connectivity index (χ3n) is 2.61. The molecule has 16 heavy (non-hydrogen) atoms. The predicted octanol–water partition coefficient (Wildman–Crippen LogP) is 1.04. The molecule has 0 saturated heterocycles. The predicted molar refractivity (Wildman–Crippen MR) is 63.6 cm³/mol. The van der Waals surface area contributed by atoms with Gasteiger partial charge in [0.15, 0.2) is 0 Å². The van der Waals surface area contributed by atoms with E-state index in [9.17, 15) is 5.11 Å². The van der Waals surface area contributed by atoms with E-state index in [1.54, 1.807) is 7.11 Å². The van der Waals surface area contributed by atoms with E-state index in [2.05, 4.69) is 4.98 Å². The highest BCUT2D eigenvalue weighted by Gasteiger charge is 2.06. The Labute approximate surface area is 94.0 Å². The van der Waals surface area contributed by atoms with Crippen LogP contribution in [-0.2, 0) is 6.42 Å². The summed E-state index contributed by atoms with van der Waals surface area (Å²) in [5.41, 5.74) is 7.38. The number of nitrogens with two attached hydrogens (primary N) is 1. The molecule has 4 nitrogen and oxygen atoms in total. The third kappa shape index (κ3) is 2.18. The van der Waals surface area contributed by atoms with Gasteiger partial charge in [-0.2, -0.15) is 0 Å². The van der Waals surface area contributed by atoms with Crippen LogP contribution in [0.3, 0.4) is 0 Å². The average molecular weight is 220 g/mol. The minimum Gasteiger partial charge on any atom is -0.497 e. The lowest BCUT2D eigenvalue weighted by Crippen LogP contribution is -2.22. The molecule has 1 unspecified atom stereocenters. The summed E-state index contributed by atoms with van der Waals surface area (Å²) in [6.07, 6.45) is 0.0583. The van der Waals surface area contributed by atoms with Crippen LogP contribution in [0.15, 0.2) is 24.3 Å². The molecule has 0 amide bonds. The summed E-state index contributed by atoms with van der Waals surface area (Å²) in [4.78, 5) is 3.24. The molecule has 2 aromatic rings. The Morgan fingerprint density at radius 3 is 2.94 bits per heavy atom. The number of aliphatic hydroxyl groups excluding tert-OH is 1. The number of hydrogen-bond donors (Lipinski definition) is 3. The molecular weight excluding hydrogens is 204 g/mol. The molecule has 0 aliphatic carbocycles. The maximum atomic E-state index is 9.47. The number of hydrogen-bond acceptors (Lipinski definition) is 3. The topological polar surface area (TPSA) is 71.3 Å². The molecule has 4 N–H and O–H groups in total. The molecule has 2 rings (SSSR count). The molecule has 86 valence electrons. The zero-order valence-electron chi connectivity index (χ0n) is 9.23. The SMILES string of the molecule is COc1ccc2cc(CC(O)CN)[nH]c2c1. The molecule has 1 aromatic carbocycles. The van der Waals surface area contributed by atoms with E-state index in [0.29, 0.717) is 6.42 Å². The highest BCUT2D eigenvalue weighted by atomic mass is 16.5. The van der Waals surface area contributed by atoms with Crippen LogP contribution in [0, 0.1) is 0 Å². The third-order valence-corrected chi connectivity index (χ3v) is 2.61. The summed E-state index contributed by atoms with van der Waals surface area (Å²) >= 11 is 0. The van der Waals surface area contributed by atoms with E-state index in [-0.39, 0.29) is 6.54 Å². The first kappa shape index (κ1) is 11.0. The molecule has 1 aromatic heterocycles. The van der Waals surface area contributed by atoms with Crippen LogP contribution in [-0.4, -0.2) is 29.8 Å². The number of aromatic amines is 1. The van der Waals surface area contributed by atoms with Crippen LogP contribution >= 0.6 is 0 Å². The summed E-state index contributed by atoms with van der Waals surface area (Å²) < 4.78 is 5.14. The first-order chi connectivity index (χ1) is 7.72. The van der Waals surface area contributed by atoms with E-state index >= 15 is 0 Å². The second-order valence-electron chi connectivity index (χ2n) is 3.84. The number of H-pyrrole nitrogens is 1. The summed E-state index contributed by atoms with van der Waals surface area (Å²) in [6, 6.07) is 7.86. The number of nitrogens with one attached hydrogen (secondary N) is 1. The van der Waals surface area contributed by atoms with Gasteiger partial charge in [-0.05, 0) is 23.6 Å². The van der Waals surface area contributed by atoms with Crippen molar-refractivity contribution in [3.05, 3.63) is 30.0 Å². The van der Waals surface area contributed by atoms with Crippen molar-refractivity contribution in [2.45, 2.75) is 12.5 Å². The molecule has 0 aliphatic rings. The van der Waals surface area contributed by atoms with E-state index in [1.165, 1.54) is 0 Å². The second-order valence-corrected chi connectivity index (χ2v) is 3.84. The molecule has 1 heterocycles. The van der Waals surface area contributed by atoms with E-state index < -0.39 is 6.10 Å². The van der Waals surface area contributed by atoms with Crippen LogP contribution in [0.25, 0.3) is 10.9 Å². The second kappa shape index (κ2) is 4.55. The fraction of sp³-hybridized carbons (Fsp3) is 0.333. The quantitative estimate of drug-likeness (QED) is 0.721. The van der Waals surface area contributed by atoms with Gasteiger partial charge in [-0.1, -0.05) is 0 Å². The number of fused-ring (bicyclic) bond motifs is 1. The lowest BCUT2D eigenvalue weighted by molar-refractivity contribution is 0.182. The maximum Gasteiger partial charge on any atom is 0.120 e. The van der Waals surface area contributed by atoms with Crippen LogP contribution in [0.2, 0.25) is 0 Å². The Balaban J connectivity index is 2.29. The molecular formula is C12H16N2O2. The number of aliphatic hydroxyl groups is 1. The number of ether oxygens (including phenoxy) is 1. The molecule has 4 heteroatoms. The van der Waals surface area contributed by atoms with Crippen molar-refractivity contribution in [1.82, 2.24) is 4.98 Å². The van der Waals surface area contributed by atoms with Gasteiger partial charge in [0.05, 0.1) is 13.2 Å². The lowest BCUT2D eigenvalue weighted by Gasteiger charge is -2.04. The van der Waals surface area contributed by atoms with Crippen molar-refractivity contribution < 1.29 is 9.84 Å². The number of rotatable bonds is 4. The normalized spacial score (nSPS) is 12.9. The lowest BCUT2D eigenvalue weighted by atomic mass is 10.2. The van der Waals surface area contributed by atoms with Crippen molar-refractivity contribution >= 4 is 10.9 Å². The molecule has 0 aliphatic heterocycles. The summed E-state index contributed by atoms with van der Waals surface area (Å²) in [5, 5.41) is 10.6. The van der Waals surface area contributed by atoms with Crippen molar-refractivity contribution in [2.75, 3.05) is 13.7 Å². The molecule has 0 fully saturated rings. The van der Waals surface area contributed by atoms with Gasteiger partial charge in [0, 0.05) is 30.2 Å². The largest absolute Gasteiger partial charge is 0.497 e. The minimum absolute atomic E-state index is 0.276. The monoisotopic (exact) mass is 220 g/mol. The minimum atomic E-state index is -0.491. The molecule has 0 spiro atoms. The number of aromatic nitrogens is 1. The van der Waals surface area contributed by atoms with Gasteiger partial charge in [0.1, 0.15) is 5.75 Å². The first-order valence-corrected chi connectivity index (χ1v) is 5.26. The van der Waals surface area contributed by atoms with Gasteiger partial charge >= 0.3 is 0 Å². The fourth-order valence-electron chi connectivity index (χ4n) is 1.74. The van der Waals surface area contributed by atoms with Crippen LogP contribution < -0.4 is 10.5 Å². The van der Waals surface area contributed by atoms with Gasteiger partial charge < -0.3 is 20.6 Å². The highest BCUT2D eigenvalue weighted by Crippen LogP contribution is 2.21. The Morgan fingerprint density at radius 2 is 2.25 bits per heavy atom. The molecule has 0 radical (unpaired) electrons. The zero-order valence-corrected chi connectivity index (χ0v) is 9.23. The highest BCUT2D eigenvalue weighted by molar-refractivity contribution is 5.81. The first-order valence-electron chi connectivity index (χ1n) is 5.26. The summed E-state index contributed by atoms with van der Waals surface area (Å²) in [5.74, 6) is 0.820. The Kier molecular flexibility index (Phi) is 3.12. The van der Waals surface area contributed by atoms with Crippen LogP contribution in [0.1, 0.15) is 5.69 Å². The molecule has 1 atom stereocenters. The summed E-state index contributed by atoms with van der Waals surface area (Å²) in [7, 11) is 1.64. The summed E-state index contributed by atoms with van der Waals surface area (Å²) in [6.45, 7) is 0.276. The zero-order chi connectivity index (χ0) is 11.5. The molecule has 0 saturated carbocycles. The van der Waals surface area contributed by atoms with Gasteiger partial charge in [-0.25, -0.2) is 0 Å². The van der Waals surface area contributed by atoms with Crippen molar-refractivity contribution in [1.29, 1.82) is 0 Å². The van der Waals surface area contributed by atoms with Gasteiger partial charge in [0.2, 0.25) is 0 Å². The van der Waals surface area contributed by atoms with Gasteiger partial charge in [0.25, 0.3) is 0 Å². The van der Waals surface area contributed by atoms with Gasteiger partial charge in [-0.3, -0.25) is 0 Å². The van der Waals surface area contributed by atoms with E-state index in [1.807, 2.05) is 24.3 Å². The maximum absolute atomic E-state index is 9.47. The van der Waals surface area contributed by atoms with Crippen LogP contribution in [0.5, 0.6) is 5.75 Å². The number of methoxy groups -OCH3 is 1. The molecule has 0 bridgehead atoms. The van der Waals surface area contributed by atoms with Crippen molar-refractivity contribution in [3.63, 3.8) is 0 Å². The standard InChI is InChI=1S/C12H16N2O2/c1-16-11-3-2-8-4-9(5-10(15)7-13)14-12(8)6-11/h2-4,6,10,14-15H,5,7,13H2,1H3. The Hall–Kier alpha value is -1.52. The van der Waals surface area contributed by atoms with E-state index in [4.69, 9.17) is 10.5 Å². The van der Waals surface area contributed by atoms with E-state index in [0.717, 1.165) is 22.3 Å². The van der Waals surface area contributed by atoms with Crippen molar-refractivity contribution in [3.8, 4) is 5.75 Å². The van der Waals surface area contributed by atoms with Crippen LogP contribution in [0.4, 0.5) is 0 Å². The van der Waals surface area contributed by atoms with Crippen molar-refractivity contribution in [2.24, 2.45) is 5.73 Å². The average Bonchev–Trinajstić information content (AvgIpc) is 2.69.